The summed E-state index contributed by atoms with van der Waals surface area (Å²) in [7, 11) is 0. The van der Waals surface area contributed by atoms with Gasteiger partial charge in [-0.2, -0.15) is 6.07 Å². The van der Waals surface area contributed by atoms with Crippen LogP contribution < -0.4 is 9.30 Å². The van der Waals surface area contributed by atoms with Gasteiger partial charge >= 0.3 is 0 Å². The SMILES string of the molecule is CC(C)(C)c1ccnc(-n2c3[c-]c(Oc4[c-]c(-n5[c-][n+](-c6cccc(C(C)(C)c7ccccc7)c6)cc5C(C)(C)C)cc(C(C)(C)c5ccccc5)c4)cc(C(C)(C)C)c3c3ccccc32)c1.[Pt]. The molecule has 3 heterocycles. The molecule has 0 saturated carbocycles. The van der Waals surface area contributed by atoms with E-state index in [0.717, 1.165) is 50.3 Å². The van der Waals surface area contributed by atoms with Gasteiger partial charge in [0, 0.05) is 55.9 Å². The zero-order valence-electron chi connectivity index (χ0n) is 41.9. The summed E-state index contributed by atoms with van der Waals surface area (Å²) in [5, 5.41) is 2.31. The van der Waals surface area contributed by atoms with E-state index in [9.17, 15) is 0 Å². The van der Waals surface area contributed by atoms with Gasteiger partial charge < -0.3 is 13.9 Å². The first-order valence-corrected chi connectivity index (χ1v) is 23.6. The average Bonchev–Trinajstić information content (AvgIpc) is 3.90. The summed E-state index contributed by atoms with van der Waals surface area (Å²) in [5.74, 6) is 2.07. The largest absolute Gasteiger partial charge is 0.510 e. The van der Waals surface area contributed by atoms with Gasteiger partial charge in [0.25, 0.3) is 6.33 Å². The van der Waals surface area contributed by atoms with Crippen molar-refractivity contribution in [1.29, 1.82) is 0 Å². The molecular formula is C62H64N4OPt-2. The summed E-state index contributed by atoms with van der Waals surface area (Å²) in [6.07, 6.45) is 7.93. The van der Waals surface area contributed by atoms with Crippen molar-refractivity contribution in [2.45, 2.75) is 117 Å². The number of aromatic nitrogens is 4. The molecule has 0 fully saturated rings. The predicted octanol–water partition coefficient (Wildman–Crippen LogP) is 15.0. The zero-order valence-corrected chi connectivity index (χ0v) is 44.2. The van der Waals surface area contributed by atoms with Crippen molar-refractivity contribution in [3.8, 4) is 28.7 Å². The van der Waals surface area contributed by atoms with Crippen molar-refractivity contribution in [2.24, 2.45) is 0 Å². The van der Waals surface area contributed by atoms with Gasteiger partial charge in [0.2, 0.25) is 0 Å². The summed E-state index contributed by atoms with van der Waals surface area (Å²) in [5.41, 5.74) is 11.1. The van der Waals surface area contributed by atoms with E-state index >= 15 is 0 Å². The topological polar surface area (TPSA) is 35.9 Å². The van der Waals surface area contributed by atoms with Crippen LogP contribution in [0.2, 0.25) is 0 Å². The second-order valence-electron chi connectivity index (χ2n) is 22.3. The van der Waals surface area contributed by atoms with Crippen molar-refractivity contribution in [3.63, 3.8) is 0 Å². The summed E-state index contributed by atoms with van der Waals surface area (Å²) < 4.78 is 13.7. The number of nitrogens with zero attached hydrogens (tertiary/aromatic N) is 4. The van der Waals surface area contributed by atoms with Crippen molar-refractivity contribution >= 4 is 21.8 Å². The van der Waals surface area contributed by atoms with Crippen LogP contribution in [0, 0.1) is 18.5 Å². The molecule has 0 atom stereocenters. The van der Waals surface area contributed by atoms with Crippen LogP contribution in [0.15, 0.2) is 152 Å². The smallest absolute Gasteiger partial charge is 0.267 e. The molecule has 0 aliphatic heterocycles. The third-order valence-corrected chi connectivity index (χ3v) is 13.6. The quantitative estimate of drug-likeness (QED) is 0.107. The standard InChI is InChI=1S/C62H64N4O.Pt/c1-58(2,3)44-31-32-63-56(36-44)66-53-30-21-20-29-51(53)57-52(59(4,5)6)38-50(39-54(57)66)67-49-35-46(62(12,13)43-25-18-15-19-26-43)34-48(37-49)65-41-64(40-55(65)60(7,8)9)47-28-22-27-45(33-47)61(10,11)42-23-16-14-17-24-42;/h14-36,38,40H,1-13H3;/q-2;. The monoisotopic (exact) mass is 1080 g/mol. The Balaban J connectivity index is 0.00000625. The van der Waals surface area contributed by atoms with Crippen LogP contribution in [-0.4, -0.2) is 14.1 Å². The van der Waals surface area contributed by atoms with E-state index in [4.69, 9.17) is 9.72 Å². The molecule has 9 aromatic rings. The fourth-order valence-electron chi connectivity index (χ4n) is 9.36. The Morgan fingerprint density at radius 3 is 1.76 bits per heavy atom. The van der Waals surface area contributed by atoms with E-state index < -0.39 is 0 Å². The molecular weight excluding hydrogens is 1010 g/mol. The first kappa shape index (κ1) is 48.4. The molecule has 6 heteroatoms. The van der Waals surface area contributed by atoms with E-state index in [0.29, 0.717) is 11.5 Å². The number of fused-ring (bicyclic) bond motifs is 3. The molecule has 0 aliphatic rings. The number of rotatable bonds is 9. The van der Waals surface area contributed by atoms with E-state index in [1.165, 1.54) is 27.8 Å². The Morgan fingerprint density at radius 1 is 0.529 bits per heavy atom. The summed E-state index contributed by atoms with van der Waals surface area (Å²) in [6.45, 7) is 29.4. The molecule has 68 heavy (non-hydrogen) atoms. The summed E-state index contributed by atoms with van der Waals surface area (Å²) >= 11 is 0. The third kappa shape index (κ3) is 9.15. The number of hydrogen-bond acceptors (Lipinski definition) is 2. The minimum absolute atomic E-state index is 0. The fraction of sp³-hybridized carbons (Fsp3) is 0.290. The molecule has 9 rings (SSSR count). The minimum atomic E-state index is -0.383. The maximum absolute atomic E-state index is 7.15. The summed E-state index contributed by atoms with van der Waals surface area (Å²) in [6, 6.07) is 57.4. The van der Waals surface area contributed by atoms with Crippen LogP contribution in [0.4, 0.5) is 0 Å². The normalized spacial score (nSPS) is 12.7. The van der Waals surface area contributed by atoms with Gasteiger partial charge in [-0.3, -0.25) is 4.57 Å². The summed E-state index contributed by atoms with van der Waals surface area (Å²) in [4.78, 5) is 4.98. The van der Waals surface area contributed by atoms with Crippen molar-refractivity contribution in [3.05, 3.63) is 209 Å². The molecule has 0 aliphatic carbocycles. The predicted molar refractivity (Wildman–Crippen MR) is 276 cm³/mol. The Labute approximate surface area is 419 Å². The van der Waals surface area contributed by atoms with E-state index in [1.807, 2.05) is 6.20 Å². The van der Waals surface area contributed by atoms with Crippen LogP contribution in [0.3, 0.4) is 0 Å². The molecule has 0 saturated heterocycles. The maximum Gasteiger partial charge on any atom is 0.267 e. The second kappa shape index (κ2) is 17.8. The van der Waals surface area contributed by atoms with Gasteiger partial charge in [-0.05, 0) is 85.3 Å². The van der Waals surface area contributed by atoms with Gasteiger partial charge in [0.15, 0.2) is 0 Å². The Morgan fingerprint density at radius 2 is 1.13 bits per heavy atom. The number of para-hydroxylation sites is 1. The Kier molecular flexibility index (Phi) is 12.7. The second-order valence-corrected chi connectivity index (χ2v) is 22.3. The van der Waals surface area contributed by atoms with Gasteiger partial charge in [-0.15, -0.1) is 35.4 Å². The van der Waals surface area contributed by atoms with Crippen LogP contribution in [-0.2, 0) is 48.1 Å². The molecule has 0 bridgehead atoms. The zero-order chi connectivity index (χ0) is 47.7. The molecule has 0 spiro atoms. The first-order valence-electron chi connectivity index (χ1n) is 23.6. The molecule has 5 nitrogen and oxygen atoms in total. The van der Waals surface area contributed by atoms with Gasteiger partial charge in [-0.25, -0.2) is 4.98 Å². The number of hydrogen-bond donors (Lipinski definition) is 0. The molecule has 0 radical (unpaired) electrons. The van der Waals surface area contributed by atoms with Crippen LogP contribution in [0.5, 0.6) is 11.5 Å². The fourth-order valence-corrected chi connectivity index (χ4v) is 9.36. The van der Waals surface area contributed by atoms with E-state index in [2.05, 4.69) is 268 Å². The van der Waals surface area contributed by atoms with Gasteiger partial charge in [0.1, 0.15) is 5.82 Å². The van der Waals surface area contributed by atoms with Crippen molar-refractivity contribution in [2.75, 3.05) is 0 Å². The number of ether oxygens (including phenoxy) is 1. The van der Waals surface area contributed by atoms with Crippen LogP contribution in [0.1, 0.15) is 129 Å². The Hall–Kier alpha value is -6.03. The van der Waals surface area contributed by atoms with E-state index in [-0.39, 0.29) is 48.1 Å². The number of imidazole rings is 1. The van der Waals surface area contributed by atoms with Crippen molar-refractivity contribution < 1.29 is 30.4 Å². The van der Waals surface area contributed by atoms with Crippen molar-refractivity contribution in [1.82, 2.24) is 14.1 Å². The van der Waals surface area contributed by atoms with Crippen LogP contribution >= 0.6 is 0 Å². The maximum atomic E-state index is 7.15. The Bertz CT molecular complexity index is 3260. The molecule has 0 amide bonds. The molecule has 350 valence electrons. The van der Waals surface area contributed by atoms with Crippen LogP contribution in [0.25, 0.3) is 39.0 Å². The van der Waals surface area contributed by atoms with E-state index in [1.54, 1.807) is 0 Å². The molecule has 3 aromatic heterocycles. The first-order chi connectivity index (χ1) is 31.6. The molecule has 0 unspecified atom stereocenters. The number of pyridine rings is 1. The molecule has 6 aromatic carbocycles. The van der Waals surface area contributed by atoms with Gasteiger partial charge in [0.05, 0.1) is 11.4 Å². The molecule has 0 N–H and O–H groups in total. The average molecular weight is 1080 g/mol. The number of benzene rings is 6. The minimum Gasteiger partial charge on any atom is -0.510 e. The third-order valence-electron chi connectivity index (χ3n) is 13.6. The van der Waals surface area contributed by atoms with Gasteiger partial charge in [-0.1, -0.05) is 192 Å².